The molecule has 1 saturated heterocycles. The molecule has 0 unspecified atom stereocenters. The Hall–Kier alpha value is -2.84. The van der Waals surface area contributed by atoms with Crippen molar-refractivity contribution in [2.75, 3.05) is 40.4 Å². The summed E-state index contributed by atoms with van der Waals surface area (Å²) in [6, 6.07) is 19.3. The molecule has 194 valence electrons. The Labute approximate surface area is 223 Å². The van der Waals surface area contributed by atoms with Crippen molar-refractivity contribution in [3.63, 3.8) is 0 Å². The summed E-state index contributed by atoms with van der Waals surface area (Å²) >= 11 is 0. The summed E-state index contributed by atoms with van der Waals surface area (Å²) in [6.07, 6.45) is 0. The molecule has 36 heavy (non-hydrogen) atoms. The minimum Gasteiger partial charge on any atom is -0.493 e. The van der Waals surface area contributed by atoms with Crippen LogP contribution < -0.4 is 14.2 Å². The zero-order valence-electron chi connectivity index (χ0n) is 20.3. The number of rotatable bonds is 8. The quantitative estimate of drug-likeness (QED) is 0.290. The van der Waals surface area contributed by atoms with E-state index < -0.39 is 5.97 Å². The smallest absolute Gasteiger partial charge is 0.343 e. The zero-order chi connectivity index (χ0) is 23.9. The van der Waals surface area contributed by atoms with Crippen molar-refractivity contribution in [1.29, 1.82) is 0 Å². The summed E-state index contributed by atoms with van der Waals surface area (Å²) in [5, 5.41) is 0. The fraction of sp³-hybridized carbons (Fsp3) is 0.296. The monoisotopic (exact) mass is 536 g/mol. The van der Waals surface area contributed by atoms with Crippen LogP contribution in [0.4, 0.5) is 4.39 Å². The third kappa shape index (κ3) is 7.58. The van der Waals surface area contributed by atoms with Crippen LogP contribution >= 0.6 is 24.8 Å². The van der Waals surface area contributed by atoms with Crippen molar-refractivity contribution in [1.82, 2.24) is 9.80 Å². The fourth-order valence-electron chi connectivity index (χ4n) is 4.05. The largest absolute Gasteiger partial charge is 0.493 e. The van der Waals surface area contributed by atoms with Crippen LogP contribution in [0.2, 0.25) is 0 Å². The van der Waals surface area contributed by atoms with E-state index in [4.69, 9.17) is 14.2 Å². The number of esters is 1. The number of benzene rings is 3. The molecule has 1 aliphatic rings. The number of piperazine rings is 1. The van der Waals surface area contributed by atoms with Crippen molar-refractivity contribution < 1.29 is 23.4 Å². The van der Waals surface area contributed by atoms with E-state index in [2.05, 4.69) is 9.80 Å². The molecule has 4 rings (SSSR count). The fourth-order valence-corrected chi connectivity index (χ4v) is 4.05. The van der Waals surface area contributed by atoms with Crippen molar-refractivity contribution >= 4 is 30.8 Å². The number of methoxy groups -OCH3 is 2. The number of carbonyl (C=O) groups excluding carboxylic acids is 1. The van der Waals surface area contributed by atoms with E-state index in [1.807, 2.05) is 36.4 Å². The van der Waals surface area contributed by atoms with Gasteiger partial charge in [0.05, 0.1) is 19.8 Å². The van der Waals surface area contributed by atoms with E-state index in [1.165, 1.54) is 19.2 Å². The third-order valence-corrected chi connectivity index (χ3v) is 5.97. The first-order chi connectivity index (χ1) is 16.6. The van der Waals surface area contributed by atoms with E-state index in [9.17, 15) is 9.18 Å². The van der Waals surface area contributed by atoms with Gasteiger partial charge < -0.3 is 14.2 Å². The molecule has 0 aromatic heterocycles. The SMILES string of the molecule is COc1ccc(C(=O)Oc2ccccc2CN2CCN(Cc3ccc(F)cc3)CC2)cc1OC.Cl.Cl. The predicted octanol–water partition coefficient (Wildman–Crippen LogP) is 5.22. The lowest BCUT2D eigenvalue weighted by atomic mass is 10.1. The molecule has 0 radical (unpaired) electrons. The van der Waals surface area contributed by atoms with Crippen molar-refractivity contribution in [2.45, 2.75) is 13.1 Å². The van der Waals surface area contributed by atoms with Crippen molar-refractivity contribution in [2.24, 2.45) is 0 Å². The lowest BCUT2D eigenvalue weighted by Gasteiger charge is -2.35. The number of para-hydroxylation sites is 1. The van der Waals surface area contributed by atoms with E-state index in [1.54, 1.807) is 25.3 Å². The highest BCUT2D eigenvalue weighted by Gasteiger charge is 2.20. The molecular formula is C27H31Cl2FN2O4. The van der Waals surface area contributed by atoms with Gasteiger partial charge in [-0.2, -0.15) is 0 Å². The topological polar surface area (TPSA) is 51.2 Å². The number of hydrogen-bond acceptors (Lipinski definition) is 6. The molecule has 0 atom stereocenters. The van der Waals surface area contributed by atoms with Crippen LogP contribution in [0, 0.1) is 5.82 Å². The lowest BCUT2D eigenvalue weighted by molar-refractivity contribution is 0.0728. The highest BCUT2D eigenvalue weighted by molar-refractivity contribution is 5.92. The summed E-state index contributed by atoms with van der Waals surface area (Å²) < 4.78 is 29.4. The van der Waals surface area contributed by atoms with Crippen LogP contribution in [0.1, 0.15) is 21.5 Å². The average Bonchev–Trinajstić information content (AvgIpc) is 2.87. The highest BCUT2D eigenvalue weighted by Crippen LogP contribution is 2.29. The van der Waals surface area contributed by atoms with Gasteiger partial charge in [0.1, 0.15) is 11.6 Å². The number of nitrogens with zero attached hydrogens (tertiary/aromatic N) is 2. The number of ether oxygens (including phenoxy) is 3. The molecule has 0 bridgehead atoms. The molecule has 6 nitrogen and oxygen atoms in total. The van der Waals surface area contributed by atoms with Crippen LogP contribution in [0.25, 0.3) is 0 Å². The maximum absolute atomic E-state index is 13.1. The Morgan fingerprint density at radius 2 is 1.39 bits per heavy atom. The van der Waals surface area contributed by atoms with Gasteiger partial charge >= 0.3 is 5.97 Å². The van der Waals surface area contributed by atoms with Gasteiger partial charge in [0.15, 0.2) is 11.5 Å². The van der Waals surface area contributed by atoms with Crippen molar-refractivity contribution in [3.05, 3.63) is 89.2 Å². The van der Waals surface area contributed by atoms with Gasteiger partial charge in [0.25, 0.3) is 0 Å². The zero-order valence-corrected chi connectivity index (χ0v) is 21.9. The molecule has 0 amide bonds. The Kier molecular flexibility index (Phi) is 11.5. The van der Waals surface area contributed by atoms with E-state index in [-0.39, 0.29) is 30.6 Å². The van der Waals surface area contributed by atoms with Crippen LogP contribution in [-0.4, -0.2) is 56.2 Å². The highest BCUT2D eigenvalue weighted by atomic mass is 35.5. The van der Waals surface area contributed by atoms with Gasteiger partial charge in [-0.05, 0) is 42.0 Å². The average molecular weight is 537 g/mol. The van der Waals surface area contributed by atoms with Crippen LogP contribution in [0.5, 0.6) is 17.2 Å². The van der Waals surface area contributed by atoms with Crippen LogP contribution in [-0.2, 0) is 13.1 Å². The van der Waals surface area contributed by atoms with E-state index in [0.717, 1.165) is 43.9 Å². The molecular weight excluding hydrogens is 506 g/mol. The predicted molar refractivity (Wildman–Crippen MR) is 142 cm³/mol. The summed E-state index contributed by atoms with van der Waals surface area (Å²) in [5.41, 5.74) is 2.47. The van der Waals surface area contributed by atoms with Gasteiger partial charge in [-0.3, -0.25) is 9.80 Å². The molecule has 1 heterocycles. The molecule has 0 saturated carbocycles. The molecule has 0 aliphatic carbocycles. The third-order valence-electron chi connectivity index (χ3n) is 5.97. The van der Waals surface area contributed by atoms with Crippen LogP contribution in [0.15, 0.2) is 66.7 Å². The minimum atomic E-state index is -0.447. The van der Waals surface area contributed by atoms with Gasteiger partial charge in [-0.1, -0.05) is 30.3 Å². The maximum atomic E-state index is 13.1. The second-order valence-electron chi connectivity index (χ2n) is 8.25. The Morgan fingerprint density at radius 3 is 2.03 bits per heavy atom. The summed E-state index contributed by atoms with van der Waals surface area (Å²) in [5.74, 6) is 0.925. The lowest BCUT2D eigenvalue weighted by Crippen LogP contribution is -2.45. The first-order valence-electron chi connectivity index (χ1n) is 11.3. The minimum absolute atomic E-state index is 0. The van der Waals surface area contributed by atoms with Gasteiger partial charge in [0.2, 0.25) is 0 Å². The number of carbonyl (C=O) groups is 1. The van der Waals surface area contributed by atoms with Gasteiger partial charge in [-0.15, -0.1) is 24.8 Å². The molecule has 1 aliphatic heterocycles. The van der Waals surface area contributed by atoms with E-state index in [0.29, 0.717) is 29.4 Å². The molecule has 3 aromatic rings. The van der Waals surface area contributed by atoms with E-state index >= 15 is 0 Å². The first kappa shape index (κ1) is 29.4. The first-order valence-corrected chi connectivity index (χ1v) is 11.3. The Morgan fingerprint density at radius 1 is 0.778 bits per heavy atom. The summed E-state index contributed by atoms with van der Waals surface area (Å²) in [6.45, 7) is 5.15. The van der Waals surface area contributed by atoms with Gasteiger partial charge in [-0.25, -0.2) is 9.18 Å². The second-order valence-corrected chi connectivity index (χ2v) is 8.25. The normalized spacial score (nSPS) is 13.8. The summed E-state index contributed by atoms with van der Waals surface area (Å²) in [4.78, 5) is 17.5. The maximum Gasteiger partial charge on any atom is 0.343 e. The molecule has 0 spiro atoms. The second kappa shape index (κ2) is 14.0. The summed E-state index contributed by atoms with van der Waals surface area (Å²) in [7, 11) is 3.08. The molecule has 3 aromatic carbocycles. The van der Waals surface area contributed by atoms with Crippen LogP contribution in [0.3, 0.4) is 0 Å². The Balaban J connectivity index is 0.00000228. The van der Waals surface area contributed by atoms with Crippen molar-refractivity contribution in [3.8, 4) is 17.2 Å². The number of halogens is 3. The van der Waals surface area contributed by atoms with Gasteiger partial charge in [0, 0.05) is 44.8 Å². The molecule has 0 N–H and O–H groups in total. The number of hydrogen-bond donors (Lipinski definition) is 0. The molecule has 9 heteroatoms. The molecule has 1 fully saturated rings. The standard InChI is InChI=1S/C27H29FN2O4.2ClH/c1-32-25-12-9-21(17-26(25)33-2)27(31)34-24-6-4-3-5-22(24)19-30-15-13-29(14-16-30)18-20-7-10-23(28)11-8-20;;/h3-12,17H,13-16,18-19H2,1-2H3;2*1H. The Bertz CT molecular complexity index is 1120.